The molecule has 0 fully saturated rings. The molecule has 0 aliphatic carbocycles. The maximum atomic E-state index is 13.6. The van der Waals surface area contributed by atoms with Crippen LogP contribution in [0.15, 0.2) is 70.0 Å². The number of benzene rings is 2. The highest BCUT2D eigenvalue weighted by atomic mass is 32.2. The minimum absolute atomic E-state index is 0.0140. The molecule has 0 saturated carbocycles. The van der Waals surface area contributed by atoms with Gasteiger partial charge in [-0.05, 0) is 60.9 Å². The van der Waals surface area contributed by atoms with Crippen LogP contribution in [-0.4, -0.2) is 31.1 Å². The van der Waals surface area contributed by atoms with Gasteiger partial charge in [-0.3, -0.25) is 9.59 Å². The summed E-state index contributed by atoms with van der Waals surface area (Å²) in [5, 5.41) is 5.47. The number of nitrogens with one attached hydrogen (secondary N) is 2. The largest absolute Gasteiger partial charge is 0.465 e. The summed E-state index contributed by atoms with van der Waals surface area (Å²) >= 11 is 0. The highest BCUT2D eigenvalue weighted by Crippen LogP contribution is 2.36. The molecule has 0 radical (unpaired) electrons. The number of anilines is 1. The van der Waals surface area contributed by atoms with Crippen molar-refractivity contribution in [1.29, 1.82) is 0 Å². The van der Waals surface area contributed by atoms with Gasteiger partial charge < -0.3 is 15.1 Å². The lowest BCUT2D eigenvalue weighted by atomic mass is 9.92. The summed E-state index contributed by atoms with van der Waals surface area (Å²) < 4.78 is 34.1. The second-order valence-corrected chi connectivity index (χ2v) is 10.2. The molecule has 0 saturated heterocycles. The third kappa shape index (κ3) is 5.21. The van der Waals surface area contributed by atoms with Crippen LogP contribution in [0.25, 0.3) is 0 Å². The van der Waals surface area contributed by atoms with Crippen LogP contribution in [0, 0.1) is 6.92 Å². The van der Waals surface area contributed by atoms with E-state index in [2.05, 4.69) is 10.6 Å². The molecule has 9 heteroatoms. The van der Waals surface area contributed by atoms with E-state index in [1.807, 2.05) is 37.3 Å². The quantitative estimate of drug-likeness (QED) is 0.537. The minimum Gasteiger partial charge on any atom is -0.465 e. The number of furan rings is 1. The number of sulfonamides is 1. The fraction of sp³-hybridized carbons (Fsp3) is 0.280. The second-order valence-electron chi connectivity index (χ2n) is 8.28. The molecule has 2 aromatic carbocycles. The molecule has 178 valence electrons. The summed E-state index contributed by atoms with van der Waals surface area (Å²) in [6.07, 6.45) is 0.545. The van der Waals surface area contributed by atoms with E-state index in [4.69, 9.17) is 4.42 Å². The van der Waals surface area contributed by atoms with Crippen molar-refractivity contribution in [2.75, 3.05) is 11.9 Å². The Hall–Kier alpha value is -3.43. The lowest BCUT2D eigenvalue weighted by Crippen LogP contribution is -2.42. The van der Waals surface area contributed by atoms with E-state index >= 15 is 0 Å². The van der Waals surface area contributed by atoms with Gasteiger partial charge in [-0.25, -0.2) is 8.42 Å². The van der Waals surface area contributed by atoms with Crippen molar-refractivity contribution in [3.05, 3.63) is 83.3 Å². The molecule has 0 unspecified atom stereocenters. The number of amides is 2. The minimum atomic E-state index is -3.89. The van der Waals surface area contributed by atoms with Crippen molar-refractivity contribution >= 4 is 27.5 Å². The van der Waals surface area contributed by atoms with Crippen molar-refractivity contribution in [3.8, 4) is 0 Å². The van der Waals surface area contributed by atoms with E-state index in [1.54, 1.807) is 18.2 Å². The van der Waals surface area contributed by atoms with Crippen molar-refractivity contribution in [1.82, 2.24) is 9.62 Å². The Morgan fingerprint density at radius 2 is 1.79 bits per heavy atom. The maximum absolute atomic E-state index is 13.6. The normalized spacial score (nSPS) is 16.0. The zero-order valence-electron chi connectivity index (χ0n) is 19.1. The number of hydrogen-bond donors (Lipinski definition) is 2. The third-order valence-corrected chi connectivity index (χ3v) is 7.70. The molecule has 2 heterocycles. The van der Waals surface area contributed by atoms with Crippen molar-refractivity contribution in [3.63, 3.8) is 0 Å². The topological polar surface area (TPSA) is 109 Å². The number of fused-ring (bicyclic) bond motifs is 1. The fourth-order valence-corrected chi connectivity index (χ4v) is 5.80. The average Bonchev–Trinajstić information content (AvgIpc) is 3.23. The Bertz CT molecular complexity index is 1300. The molecule has 1 aliphatic heterocycles. The summed E-state index contributed by atoms with van der Waals surface area (Å²) in [6.45, 7) is 3.72. The van der Waals surface area contributed by atoms with Gasteiger partial charge in [0.1, 0.15) is 11.5 Å². The second kappa shape index (κ2) is 9.82. The summed E-state index contributed by atoms with van der Waals surface area (Å²) in [5.41, 5.74) is 2.38. The lowest BCUT2D eigenvalue weighted by molar-refractivity contribution is -0.122. The van der Waals surface area contributed by atoms with E-state index in [-0.39, 0.29) is 36.2 Å². The van der Waals surface area contributed by atoms with E-state index in [0.717, 1.165) is 16.9 Å². The first-order chi connectivity index (χ1) is 16.2. The fourth-order valence-electron chi connectivity index (χ4n) is 4.19. The van der Waals surface area contributed by atoms with Crippen LogP contribution in [-0.2, 0) is 32.6 Å². The van der Waals surface area contributed by atoms with Gasteiger partial charge in [0.2, 0.25) is 21.8 Å². The number of carbonyl (C=O) groups excluding carboxylic acids is 2. The Kier molecular flexibility index (Phi) is 6.85. The lowest BCUT2D eigenvalue weighted by Gasteiger charge is -2.36. The molecule has 1 aliphatic rings. The van der Waals surface area contributed by atoms with Crippen LogP contribution in [0.3, 0.4) is 0 Å². The van der Waals surface area contributed by atoms with Gasteiger partial charge in [0, 0.05) is 25.6 Å². The van der Waals surface area contributed by atoms with Gasteiger partial charge in [0.25, 0.3) is 0 Å². The number of rotatable bonds is 7. The summed E-state index contributed by atoms with van der Waals surface area (Å²) in [4.78, 5) is 24.2. The zero-order chi connectivity index (χ0) is 24.3. The zero-order valence-corrected chi connectivity index (χ0v) is 19.9. The summed E-state index contributed by atoms with van der Waals surface area (Å²) in [5.74, 6) is 0.891. The molecule has 2 amide bonds. The molecule has 8 nitrogen and oxygen atoms in total. The standard InChI is InChI=1S/C25H27N3O5S/c1-17-7-10-21(33-17)16-26-25(30)15-24-23-6-4-3-5-19(23)13-14-28(24)34(31,32)22-11-8-20(9-12-22)27-18(2)29/h3-12,24H,13-16H2,1-2H3,(H,26,30)(H,27,29)/t24-/m1/s1. The van der Waals surface area contributed by atoms with Crippen LogP contribution < -0.4 is 10.6 Å². The molecule has 1 aromatic heterocycles. The smallest absolute Gasteiger partial charge is 0.243 e. The average molecular weight is 482 g/mol. The SMILES string of the molecule is CC(=O)Nc1ccc(S(=O)(=O)N2CCc3ccccc3[C@H]2CC(=O)NCc2ccc(C)o2)cc1. The number of hydrogen-bond acceptors (Lipinski definition) is 5. The van der Waals surface area contributed by atoms with Crippen molar-refractivity contribution in [2.24, 2.45) is 0 Å². The molecule has 1 atom stereocenters. The maximum Gasteiger partial charge on any atom is 0.243 e. The van der Waals surface area contributed by atoms with Gasteiger partial charge in [0.05, 0.1) is 17.5 Å². The van der Waals surface area contributed by atoms with Gasteiger partial charge >= 0.3 is 0 Å². The highest BCUT2D eigenvalue weighted by Gasteiger charge is 2.37. The highest BCUT2D eigenvalue weighted by molar-refractivity contribution is 7.89. The molecular weight excluding hydrogens is 454 g/mol. The molecule has 3 aromatic rings. The van der Waals surface area contributed by atoms with E-state index in [1.165, 1.54) is 23.4 Å². The third-order valence-electron chi connectivity index (χ3n) is 5.78. The molecule has 34 heavy (non-hydrogen) atoms. The van der Waals surface area contributed by atoms with Crippen LogP contribution in [0.1, 0.15) is 42.0 Å². The van der Waals surface area contributed by atoms with Crippen LogP contribution >= 0.6 is 0 Å². The predicted molar refractivity (Wildman–Crippen MR) is 127 cm³/mol. The first-order valence-corrected chi connectivity index (χ1v) is 12.5. The number of aryl methyl sites for hydroxylation is 1. The monoisotopic (exact) mass is 481 g/mol. The molecule has 2 N–H and O–H groups in total. The van der Waals surface area contributed by atoms with Crippen LogP contribution in [0.5, 0.6) is 0 Å². The Balaban J connectivity index is 1.58. The first-order valence-electron chi connectivity index (χ1n) is 11.0. The number of nitrogens with zero attached hydrogens (tertiary/aromatic N) is 1. The molecular formula is C25H27N3O5S. The Labute approximate surface area is 199 Å². The van der Waals surface area contributed by atoms with Gasteiger partial charge in [-0.1, -0.05) is 24.3 Å². The van der Waals surface area contributed by atoms with Crippen molar-refractivity contribution < 1.29 is 22.4 Å². The van der Waals surface area contributed by atoms with Crippen molar-refractivity contribution in [2.45, 2.75) is 44.2 Å². The first kappa shape index (κ1) is 23.7. The Morgan fingerprint density at radius 3 is 2.47 bits per heavy atom. The van der Waals surface area contributed by atoms with E-state index < -0.39 is 16.1 Å². The van der Waals surface area contributed by atoms with Crippen LogP contribution in [0.4, 0.5) is 5.69 Å². The van der Waals surface area contributed by atoms with Gasteiger partial charge in [0.15, 0.2) is 0 Å². The predicted octanol–water partition coefficient (Wildman–Crippen LogP) is 3.54. The van der Waals surface area contributed by atoms with E-state index in [0.29, 0.717) is 17.9 Å². The van der Waals surface area contributed by atoms with Crippen LogP contribution in [0.2, 0.25) is 0 Å². The number of carbonyl (C=O) groups is 2. The molecule has 4 rings (SSSR count). The van der Waals surface area contributed by atoms with Gasteiger partial charge in [-0.2, -0.15) is 4.31 Å². The summed E-state index contributed by atoms with van der Waals surface area (Å²) in [6, 6.07) is 16.7. The van der Waals surface area contributed by atoms with E-state index in [9.17, 15) is 18.0 Å². The Morgan fingerprint density at radius 1 is 1.06 bits per heavy atom. The molecule has 0 bridgehead atoms. The van der Waals surface area contributed by atoms with Gasteiger partial charge in [-0.15, -0.1) is 0 Å². The summed E-state index contributed by atoms with van der Waals surface area (Å²) in [7, 11) is -3.89. The molecule has 0 spiro atoms.